The highest BCUT2D eigenvalue weighted by molar-refractivity contribution is 5.95. The minimum Gasteiger partial charge on any atom is -0.496 e. The Balaban J connectivity index is 2.76. The second kappa shape index (κ2) is 6.45. The second-order valence-corrected chi connectivity index (χ2v) is 3.43. The van der Waals surface area contributed by atoms with E-state index in [0.717, 1.165) is 5.56 Å². The van der Waals surface area contributed by atoms with Gasteiger partial charge in [-0.2, -0.15) is 0 Å². The second-order valence-electron chi connectivity index (χ2n) is 3.43. The average molecular weight is 252 g/mol. The highest BCUT2D eigenvalue weighted by Gasteiger charge is 2.07. The van der Waals surface area contributed by atoms with Crippen molar-refractivity contribution in [3.63, 3.8) is 0 Å². The highest BCUT2D eigenvalue weighted by Crippen LogP contribution is 2.18. The van der Waals surface area contributed by atoms with Crippen molar-refractivity contribution in [2.75, 3.05) is 14.2 Å². The maximum absolute atomic E-state index is 11.7. The molecule has 0 aliphatic carbocycles. The summed E-state index contributed by atoms with van der Waals surface area (Å²) in [6, 6.07) is 5.08. The van der Waals surface area contributed by atoms with Gasteiger partial charge in [0.1, 0.15) is 5.75 Å². The van der Waals surface area contributed by atoms with Crippen LogP contribution in [-0.2, 0) is 4.84 Å². The molecular formula is C11H16N4O3. The van der Waals surface area contributed by atoms with Gasteiger partial charge in [0.15, 0.2) is 0 Å². The molecule has 1 aromatic rings. The summed E-state index contributed by atoms with van der Waals surface area (Å²) < 4.78 is 5.13. The fourth-order valence-corrected chi connectivity index (χ4v) is 1.26. The lowest BCUT2D eigenvalue weighted by atomic mass is 10.1. The zero-order valence-electron chi connectivity index (χ0n) is 10.5. The van der Waals surface area contributed by atoms with Crippen molar-refractivity contribution < 1.29 is 14.4 Å². The predicted molar refractivity (Wildman–Crippen MR) is 67.0 cm³/mol. The summed E-state index contributed by atoms with van der Waals surface area (Å²) in [4.78, 5) is 16.3. The highest BCUT2D eigenvalue weighted by atomic mass is 16.6. The molecule has 0 aliphatic heterocycles. The summed E-state index contributed by atoms with van der Waals surface area (Å²) >= 11 is 0. The van der Waals surface area contributed by atoms with Crippen molar-refractivity contribution >= 4 is 11.9 Å². The van der Waals surface area contributed by atoms with Crippen molar-refractivity contribution in [2.24, 2.45) is 10.8 Å². The summed E-state index contributed by atoms with van der Waals surface area (Å²) in [5.74, 6) is 0.189. The van der Waals surface area contributed by atoms with Crippen LogP contribution in [0.2, 0.25) is 0 Å². The van der Waals surface area contributed by atoms with Crippen molar-refractivity contribution in [2.45, 2.75) is 6.92 Å². The number of ether oxygens (including phenoxy) is 1. The standard InChI is InChI=1S/C11H16N4O3/c1-7-4-5-8(6-9(7)17-2)10(16)13-14-11(12)15-18-3/h4-6H,1-3H3,(H,13,16)(H3,12,14,15). The molecule has 0 aliphatic rings. The van der Waals surface area contributed by atoms with E-state index in [1.807, 2.05) is 6.92 Å². The van der Waals surface area contributed by atoms with Crippen molar-refractivity contribution in [1.29, 1.82) is 0 Å². The van der Waals surface area contributed by atoms with E-state index in [9.17, 15) is 4.79 Å². The van der Waals surface area contributed by atoms with Crippen LogP contribution in [0, 0.1) is 6.92 Å². The Labute approximate surface area is 105 Å². The SMILES string of the molecule is CON/C(N)=N\NC(=O)c1ccc(C)c(OC)c1. The van der Waals surface area contributed by atoms with Crippen molar-refractivity contribution in [1.82, 2.24) is 10.9 Å². The molecule has 0 unspecified atom stereocenters. The lowest BCUT2D eigenvalue weighted by Crippen LogP contribution is -2.34. The number of methoxy groups -OCH3 is 1. The Morgan fingerprint density at radius 1 is 1.39 bits per heavy atom. The monoisotopic (exact) mass is 252 g/mol. The Morgan fingerprint density at radius 2 is 2.11 bits per heavy atom. The van der Waals surface area contributed by atoms with Gasteiger partial charge in [0.25, 0.3) is 5.91 Å². The molecule has 7 heteroatoms. The maximum Gasteiger partial charge on any atom is 0.271 e. The van der Waals surface area contributed by atoms with Gasteiger partial charge in [-0.3, -0.25) is 9.63 Å². The largest absolute Gasteiger partial charge is 0.496 e. The van der Waals surface area contributed by atoms with Gasteiger partial charge in [0, 0.05) is 5.56 Å². The fraction of sp³-hybridized carbons (Fsp3) is 0.273. The molecule has 1 amide bonds. The van der Waals surface area contributed by atoms with Gasteiger partial charge in [-0.05, 0) is 24.6 Å². The molecule has 7 nitrogen and oxygen atoms in total. The van der Waals surface area contributed by atoms with Crippen LogP contribution in [0.25, 0.3) is 0 Å². The summed E-state index contributed by atoms with van der Waals surface area (Å²) in [6.07, 6.45) is 0. The number of aryl methyl sites for hydroxylation is 1. The van der Waals surface area contributed by atoms with E-state index in [1.165, 1.54) is 7.11 Å². The number of carbonyl (C=O) groups excluding carboxylic acids is 1. The molecule has 4 N–H and O–H groups in total. The van der Waals surface area contributed by atoms with Gasteiger partial charge in [0.05, 0.1) is 14.2 Å². The van der Waals surface area contributed by atoms with E-state index in [1.54, 1.807) is 25.3 Å². The van der Waals surface area contributed by atoms with Gasteiger partial charge < -0.3 is 10.5 Å². The number of amides is 1. The molecule has 0 atom stereocenters. The fourth-order valence-electron chi connectivity index (χ4n) is 1.26. The topological polar surface area (TPSA) is 98.0 Å². The molecule has 98 valence electrons. The molecule has 1 aromatic carbocycles. The van der Waals surface area contributed by atoms with E-state index >= 15 is 0 Å². The molecule has 0 spiro atoms. The van der Waals surface area contributed by atoms with Gasteiger partial charge >= 0.3 is 0 Å². The Kier molecular flexibility index (Phi) is 4.94. The Hall–Kier alpha value is -2.28. The smallest absolute Gasteiger partial charge is 0.271 e. The van der Waals surface area contributed by atoms with Crippen LogP contribution in [0.15, 0.2) is 23.3 Å². The number of benzene rings is 1. The van der Waals surface area contributed by atoms with Crippen molar-refractivity contribution in [3.8, 4) is 5.75 Å². The third kappa shape index (κ3) is 3.63. The molecule has 0 aromatic heterocycles. The summed E-state index contributed by atoms with van der Waals surface area (Å²) in [7, 11) is 2.93. The molecule has 1 rings (SSSR count). The Bertz CT molecular complexity index is 460. The number of hydrazone groups is 1. The number of hydroxylamine groups is 1. The van der Waals surface area contributed by atoms with Gasteiger partial charge in [-0.1, -0.05) is 6.07 Å². The lowest BCUT2D eigenvalue weighted by molar-refractivity contribution is 0.0952. The van der Waals surface area contributed by atoms with Crippen LogP contribution in [0.4, 0.5) is 0 Å². The molecule has 18 heavy (non-hydrogen) atoms. The first-order valence-electron chi connectivity index (χ1n) is 5.15. The molecule has 0 heterocycles. The average Bonchev–Trinajstić information content (AvgIpc) is 2.37. The number of nitrogens with one attached hydrogen (secondary N) is 2. The van der Waals surface area contributed by atoms with Crippen LogP contribution in [0.5, 0.6) is 5.75 Å². The van der Waals surface area contributed by atoms with E-state index < -0.39 is 5.91 Å². The Morgan fingerprint density at radius 3 is 2.72 bits per heavy atom. The normalized spacial score (nSPS) is 10.9. The van der Waals surface area contributed by atoms with Crippen LogP contribution in [0.1, 0.15) is 15.9 Å². The molecular weight excluding hydrogens is 236 g/mol. The minimum atomic E-state index is -0.394. The molecule has 0 radical (unpaired) electrons. The van der Waals surface area contributed by atoms with Gasteiger partial charge in [0.2, 0.25) is 5.96 Å². The van der Waals surface area contributed by atoms with Crippen LogP contribution < -0.4 is 21.4 Å². The van der Waals surface area contributed by atoms with E-state index in [4.69, 9.17) is 10.5 Å². The quantitative estimate of drug-likeness (QED) is 0.401. The van der Waals surface area contributed by atoms with Crippen LogP contribution >= 0.6 is 0 Å². The van der Waals surface area contributed by atoms with Gasteiger partial charge in [-0.15, -0.1) is 5.10 Å². The summed E-state index contributed by atoms with van der Waals surface area (Å²) in [6.45, 7) is 1.89. The van der Waals surface area contributed by atoms with E-state index in [-0.39, 0.29) is 5.96 Å². The first kappa shape index (κ1) is 13.8. The number of nitrogens with two attached hydrogens (primary N) is 1. The number of hydrogen-bond donors (Lipinski definition) is 3. The molecule has 0 fully saturated rings. The number of rotatable bonds is 4. The number of hydrogen-bond acceptors (Lipinski definition) is 4. The zero-order chi connectivity index (χ0) is 13.5. The maximum atomic E-state index is 11.7. The summed E-state index contributed by atoms with van der Waals surface area (Å²) in [5, 5.41) is 3.59. The molecule has 0 bridgehead atoms. The third-order valence-electron chi connectivity index (χ3n) is 2.15. The summed E-state index contributed by atoms with van der Waals surface area (Å²) in [5.41, 5.74) is 11.3. The van der Waals surface area contributed by atoms with E-state index in [2.05, 4.69) is 20.8 Å². The first-order chi connectivity index (χ1) is 8.58. The minimum absolute atomic E-state index is 0.0510. The molecule has 0 saturated heterocycles. The van der Waals surface area contributed by atoms with Crippen LogP contribution in [0.3, 0.4) is 0 Å². The third-order valence-corrected chi connectivity index (χ3v) is 2.15. The van der Waals surface area contributed by atoms with Gasteiger partial charge in [-0.25, -0.2) is 10.9 Å². The number of guanidine groups is 1. The van der Waals surface area contributed by atoms with Crippen LogP contribution in [-0.4, -0.2) is 26.1 Å². The zero-order valence-corrected chi connectivity index (χ0v) is 10.5. The number of nitrogens with zero attached hydrogens (tertiary/aromatic N) is 1. The number of carbonyl (C=O) groups is 1. The van der Waals surface area contributed by atoms with Crippen molar-refractivity contribution in [3.05, 3.63) is 29.3 Å². The first-order valence-corrected chi connectivity index (χ1v) is 5.15. The lowest BCUT2D eigenvalue weighted by Gasteiger charge is -2.07. The molecule has 0 saturated carbocycles. The van der Waals surface area contributed by atoms with E-state index in [0.29, 0.717) is 11.3 Å². The predicted octanol–water partition coefficient (Wildman–Crippen LogP) is 0.114.